The van der Waals surface area contributed by atoms with Crippen molar-refractivity contribution >= 4 is 27.3 Å². The molecule has 0 fully saturated rings. The zero-order valence-electron chi connectivity index (χ0n) is 10.8. The fourth-order valence-corrected chi connectivity index (χ4v) is 3.40. The first kappa shape index (κ1) is 13.5. The first-order chi connectivity index (χ1) is 9.83. The molecule has 102 valence electrons. The van der Waals surface area contributed by atoms with Gasteiger partial charge in [0.15, 0.2) is 0 Å². The third-order valence-corrected chi connectivity index (χ3v) is 4.87. The topological polar surface area (TPSA) is 29.9 Å². The van der Waals surface area contributed by atoms with E-state index >= 15 is 0 Å². The van der Waals surface area contributed by atoms with Crippen LogP contribution in [0.2, 0.25) is 0 Å². The van der Waals surface area contributed by atoms with Gasteiger partial charge in [0.25, 0.3) is 0 Å². The highest BCUT2D eigenvalue weighted by molar-refractivity contribution is 9.10. The molecule has 0 saturated heterocycles. The van der Waals surface area contributed by atoms with Gasteiger partial charge in [-0.1, -0.05) is 18.2 Å². The van der Waals surface area contributed by atoms with Crippen molar-refractivity contribution in [2.45, 2.75) is 13.1 Å². The molecule has 5 heteroatoms. The average Bonchev–Trinajstić information content (AvgIpc) is 3.10. The van der Waals surface area contributed by atoms with Crippen LogP contribution in [0.3, 0.4) is 0 Å². The maximum Gasteiger partial charge on any atom is 0.0766 e. The maximum absolute atomic E-state index is 4.57. The monoisotopic (exact) mass is 347 g/mol. The molecule has 2 heterocycles. The van der Waals surface area contributed by atoms with Gasteiger partial charge in [-0.15, -0.1) is 11.3 Å². The summed E-state index contributed by atoms with van der Waals surface area (Å²) in [6.07, 6.45) is 1.99. The van der Waals surface area contributed by atoms with Crippen LogP contribution in [0.15, 0.2) is 58.5 Å². The van der Waals surface area contributed by atoms with Crippen LogP contribution in [0.4, 0.5) is 0 Å². The minimum Gasteiger partial charge on any atom is -0.306 e. The third kappa shape index (κ3) is 3.17. The smallest absolute Gasteiger partial charge is 0.0766 e. The summed E-state index contributed by atoms with van der Waals surface area (Å²) in [7, 11) is 0. The summed E-state index contributed by atoms with van der Waals surface area (Å²) in [5.41, 5.74) is 2.13. The van der Waals surface area contributed by atoms with Gasteiger partial charge >= 0.3 is 0 Å². The van der Waals surface area contributed by atoms with Crippen LogP contribution in [-0.2, 0) is 13.1 Å². The third-order valence-electron chi connectivity index (χ3n) is 2.95. The zero-order valence-corrected chi connectivity index (χ0v) is 13.2. The molecule has 3 aromatic rings. The van der Waals surface area contributed by atoms with E-state index in [4.69, 9.17) is 0 Å². The van der Waals surface area contributed by atoms with Gasteiger partial charge in [0.2, 0.25) is 0 Å². The molecule has 0 spiro atoms. The van der Waals surface area contributed by atoms with Crippen LogP contribution in [-0.4, -0.2) is 9.78 Å². The van der Waals surface area contributed by atoms with Crippen molar-refractivity contribution in [3.8, 4) is 5.69 Å². The minimum atomic E-state index is 0.768. The van der Waals surface area contributed by atoms with E-state index < -0.39 is 0 Å². The van der Waals surface area contributed by atoms with Gasteiger partial charge in [0.05, 0.1) is 11.4 Å². The first-order valence-electron chi connectivity index (χ1n) is 6.35. The summed E-state index contributed by atoms with van der Waals surface area (Å²) in [4.78, 5) is 1.31. The second-order valence-electron chi connectivity index (χ2n) is 4.38. The fraction of sp³-hybridized carbons (Fsp3) is 0.133. The van der Waals surface area contributed by atoms with Crippen molar-refractivity contribution in [3.63, 3.8) is 0 Å². The molecular formula is C15H14BrN3S. The molecular weight excluding hydrogens is 334 g/mol. The quantitative estimate of drug-likeness (QED) is 0.756. The predicted octanol–water partition coefficient (Wildman–Crippen LogP) is 3.99. The molecule has 0 aliphatic rings. The Morgan fingerprint density at radius 3 is 2.70 bits per heavy atom. The van der Waals surface area contributed by atoms with Gasteiger partial charge in [0.1, 0.15) is 0 Å². The largest absolute Gasteiger partial charge is 0.306 e. The normalized spacial score (nSPS) is 10.8. The van der Waals surface area contributed by atoms with Gasteiger partial charge < -0.3 is 5.32 Å². The lowest BCUT2D eigenvalue weighted by atomic mass is 10.3. The summed E-state index contributed by atoms with van der Waals surface area (Å²) < 4.78 is 3.07. The van der Waals surface area contributed by atoms with E-state index in [9.17, 15) is 0 Å². The summed E-state index contributed by atoms with van der Waals surface area (Å²) in [6, 6.07) is 14.3. The van der Waals surface area contributed by atoms with Crippen molar-refractivity contribution in [2.75, 3.05) is 0 Å². The van der Waals surface area contributed by atoms with Gasteiger partial charge in [-0.05, 0) is 45.6 Å². The highest BCUT2D eigenvalue weighted by Crippen LogP contribution is 2.22. The molecule has 0 unspecified atom stereocenters. The SMILES string of the molecule is Brc1ccsc1CNCc1ccn(-c2ccccc2)n1. The predicted molar refractivity (Wildman–Crippen MR) is 86.1 cm³/mol. The highest BCUT2D eigenvalue weighted by Gasteiger charge is 2.03. The summed E-state index contributed by atoms with van der Waals surface area (Å²) >= 11 is 5.29. The lowest BCUT2D eigenvalue weighted by Gasteiger charge is -2.02. The number of halogens is 1. The second-order valence-corrected chi connectivity index (χ2v) is 6.24. The number of hydrogen-bond acceptors (Lipinski definition) is 3. The van der Waals surface area contributed by atoms with E-state index in [2.05, 4.69) is 37.8 Å². The molecule has 0 aliphatic heterocycles. The Bertz CT molecular complexity index is 675. The van der Waals surface area contributed by atoms with Crippen LogP contribution in [0.25, 0.3) is 5.69 Å². The lowest BCUT2D eigenvalue weighted by Crippen LogP contribution is -2.12. The highest BCUT2D eigenvalue weighted by atomic mass is 79.9. The van der Waals surface area contributed by atoms with Crippen LogP contribution in [0, 0.1) is 0 Å². The number of nitrogens with one attached hydrogen (secondary N) is 1. The summed E-state index contributed by atoms with van der Waals surface area (Å²) in [5, 5.41) is 10.1. The molecule has 1 aromatic carbocycles. The molecule has 3 nitrogen and oxygen atoms in total. The second kappa shape index (κ2) is 6.35. The van der Waals surface area contributed by atoms with Crippen molar-refractivity contribution in [3.05, 3.63) is 69.1 Å². The summed E-state index contributed by atoms with van der Waals surface area (Å²) in [5.74, 6) is 0. The molecule has 0 saturated carbocycles. The number of para-hydroxylation sites is 1. The number of thiophene rings is 1. The maximum atomic E-state index is 4.57. The molecule has 1 N–H and O–H groups in total. The Morgan fingerprint density at radius 2 is 1.95 bits per heavy atom. The van der Waals surface area contributed by atoms with Crippen molar-refractivity contribution in [1.82, 2.24) is 15.1 Å². The Balaban J connectivity index is 1.59. The minimum absolute atomic E-state index is 0.768. The van der Waals surface area contributed by atoms with Crippen molar-refractivity contribution in [1.29, 1.82) is 0 Å². The van der Waals surface area contributed by atoms with Gasteiger partial charge in [-0.3, -0.25) is 0 Å². The Labute approximate surface area is 130 Å². The van der Waals surface area contributed by atoms with E-state index in [1.54, 1.807) is 11.3 Å². The van der Waals surface area contributed by atoms with E-state index in [-0.39, 0.29) is 0 Å². The van der Waals surface area contributed by atoms with Gasteiger partial charge in [-0.2, -0.15) is 5.10 Å². The molecule has 20 heavy (non-hydrogen) atoms. The van der Waals surface area contributed by atoms with Gasteiger partial charge in [-0.25, -0.2) is 4.68 Å². The number of hydrogen-bond donors (Lipinski definition) is 1. The number of nitrogens with zero attached hydrogens (tertiary/aromatic N) is 2. The van der Waals surface area contributed by atoms with E-state index in [0.29, 0.717) is 0 Å². The standard InChI is InChI=1S/C15H14BrN3S/c16-14-7-9-20-15(14)11-17-10-12-6-8-19(18-12)13-4-2-1-3-5-13/h1-9,17H,10-11H2. The van der Waals surface area contributed by atoms with Gasteiger partial charge in [0, 0.05) is 28.6 Å². The van der Waals surface area contributed by atoms with Crippen molar-refractivity contribution in [2.24, 2.45) is 0 Å². The van der Waals surface area contributed by atoms with Crippen LogP contribution >= 0.6 is 27.3 Å². The molecule has 0 amide bonds. The zero-order chi connectivity index (χ0) is 13.8. The molecule has 2 aromatic heterocycles. The van der Waals surface area contributed by atoms with Crippen LogP contribution < -0.4 is 5.32 Å². The fourth-order valence-electron chi connectivity index (χ4n) is 1.94. The van der Waals surface area contributed by atoms with Crippen LogP contribution in [0.5, 0.6) is 0 Å². The molecule has 0 radical (unpaired) electrons. The Kier molecular flexibility index (Phi) is 4.30. The first-order valence-corrected chi connectivity index (χ1v) is 8.03. The van der Waals surface area contributed by atoms with E-state index in [1.165, 1.54) is 9.35 Å². The number of benzene rings is 1. The molecule has 0 atom stereocenters. The molecule has 3 rings (SSSR count). The van der Waals surface area contributed by atoms with E-state index in [0.717, 1.165) is 24.5 Å². The average molecular weight is 348 g/mol. The lowest BCUT2D eigenvalue weighted by molar-refractivity contribution is 0.674. The Hall–Kier alpha value is -1.43. The van der Waals surface area contributed by atoms with E-state index in [1.807, 2.05) is 47.3 Å². The van der Waals surface area contributed by atoms with Crippen molar-refractivity contribution < 1.29 is 0 Å². The molecule has 0 bridgehead atoms. The number of aromatic nitrogens is 2. The number of rotatable bonds is 5. The Morgan fingerprint density at radius 1 is 1.10 bits per heavy atom. The summed E-state index contributed by atoms with van der Waals surface area (Å²) in [6.45, 7) is 1.63. The molecule has 0 aliphatic carbocycles. The van der Waals surface area contributed by atoms with Crippen LogP contribution in [0.1, 0.15) is 10.6 Å².